The quantitative estimate of drug-likeness (QED) is 0.382. The Kier molecular flexibility index (Phi) is 4.52. The second-order valence-electron chi connectivity index (χ2n) is 3.03. The molecule has 1 heterocycles. The largest absolute Gasteiger partial charge is 0.508 e. The summed E-state index contributed by atoms with van der Waals surface area (Å²) >= 11 is 0. The molecule has 0 aromatic rings. The molecular formula is C9H13BO4. The molecule has 2 atom stereocenters. The first-order valence-corrected chi connectivity index (χ1v) is 4.54. The van der Waals surface area contributed by atoms with Gasteiger partial charge in [-0.15, -0.1) is 0 Å². The highest BCUT2D eigenvalue weighted by Gasteiger charge is 2.22. The lowest BCUT2D eigenvalue weighted by Crippen LogP contribution is -2.20. The maximum atomic E-state index is 10.9. The summed E-state index contributed by atoms with van der Waals surface area (Å²) in [5.74, 6) is 0. The Balaban J connectivity index is 2.08. The van der Waals surface area contributed by atoms with Crippen molar-refractivity contribution in [3.05, 3.63) is 12.7 Å². The van der Waals surface area contributed by atoms with E-state index in [0.717, 1.165) is 12.8 Å². The highest BCUT2D eigenvalue weighted by atomic mass is 16.7. The summed E-state index contributed by atoms with van der Waals surface area (Å²) in [5, 5.41) is 0. The maximum Gasteiger partial charge on any atom is 0.508 e. The summed E-state index contributed by atoms with van der Waals surface area (Å²) in [7, 11) is 5.50. The molecule has 2 unspecified atom stereocenters. The number of carbonyl (C=O) groups excluding carboxylic acids is 1. The van der Waals surface area contributed by atoms with Crippen molar-refractivity contribution in [2.45, 2.75) is 24.9 Å². The predicted octanol–water partition coefficient (Wildman–Crippen LogP) is 0.999. The summed E-state index contributed by atoms with van der Waals surface area (Å²) in [6, 6.07) is -0.229. The van der Waals surface area contributed by atoms with E-state index < -0.39 is 6.16 Å². The summed E-state index contributed by atoms with van der Waals surface area (Å²) in [5.41, 5.74) is 0. The molecular weight excluding hydrogens is 183 g/mol. The van der Waals surface area contributed by atoms with Gasteiger partial charge in [0, 0.05) is 6.00 Å². The average molecular weight is 196 g/mol. The number of carbonyl (C=O) groups is 1. The molecule has 1 fully saturated rings. The van der Waals surface area contributed by atoms with Gasteiger partial charge in [0.2, 0.25) is 0 Å². The van der Waals surface area contributed by atoms with Crippen LogP contribution in [-0.4, -0.2) is 39.3 Å². The van der Waals surface area contributed by atoms with Gasteiger partial charge in [-0.2, -0.15) is 0 Å². The molecule has 4 nitrogen and oxygen atoms in total. The Morgan fingerprint density at radius 1 is 1.57 bits per heavy atom. The second-order valence-corrected chi connectivity index (χ2v) is 3.03. The maximum absolute atomic E-state index is 10.9. The molecule has 0 bridgehead atoms. The van der Waals surface area contributed by atoms with Gasteiger partial charge in [-0.25, -0.2) is 4.79 Å². The molecule has 1 aliphatic rings. The molecule has 14 heavy (non-hydrogen) atoms. The van der Waals surface area contributed by atoms with E-state index in [4.69, 9.17) is 17.3 Å². The van der Waals surface area contributed by atoms with Crippen molar-refractivity contribution in [3.8, 4) is 0 Å². The molecule has 5 heteroatoms. The van der Waals surface area contributed by atoms with Crippen molar-refractivity contribution < 1.29 is 19.0 Å². The van der Waals surface area contributed by atoms with Crippen molar-refractivity contribution in [3.63, 3.8) is 0 Å². The summed E-state index contributed by atoms with van der Waals surface area (Å²) < 4.78 is 14.6. The van der Waals surface area contributed by atoms with E-state index in [1.165, 1.54) is 6.08 Å². The lowest BCUT2D eigenvalue weighted by molar-refractivity contribution is 0.00445. The first-order chi connectivity index (χ1) is 6.72. The zero-order valence-electron chi connectivity index (χ0n) is 7.98. The van der Waals surface area contributed by atoms with E-state index in [0.29, 0.717) is 0 Å². The number of hydrogen-bond donors (Lipinski definition) is 0. The highest BCUT2D eigenvalue weighted by Crippen LogP contribution is 2.17. The van der Waals surface area contributed by atoms with Gasteiger partial charge < -0.3 is 14.2 Å². The van der Waals surface area contributed by atoms with Crippen LogP contribution in [0.5, 0.6) is 0 Å². The van der Waals surface area contributed by atoms with Crippen LogP contribution in [0.4, 0.5) is 4.79 Å². The lowest BCUT2D eigenvalue weighted by atomic mass is 9.97. The molecule has 0 saturated carbocycles. The van der Waals surface area contributed by atoms with Gasteiger partial charge >= 0.3 is 6.16 Å². The molecule has 1 saturated heterocycles. The summed E-state index contributed by atoms with van der Waals surface area (Å²) in [6.45, 7) is 3.76. The van der Waals surface area contributed by atoms with E-state index >= 15 is 0 Å². The summed E-state index contributed by atoms with van der Waals surface area (Å²) in [4.78, 5) is 10.9. The van der Waals surface area contributed by atoms with E-state index in [9.17, 15) is 4.79 Å². The molecule has 0 N–H and O–H groups in total. The van der Waals surface area contributed by atoms with Crippen LogP contribution in [0.3, 0.4) is 0 Å². The Labute approximate surface area is 84.6 Å². The minimum Gasteiger partial charge on any atom is -0.432 e. The fraction of sp³-hybridized carbons (Fsp3) is 0.667. The highest BCUT2D eigenvalue weighted by molar-refractivity contribution is 6.11. The third kappa shape index (κ3) is 3.83. The van der Waals surface area contributed by atoms with Gasteiger partial charge in [0.1, 0.15) is 21.1 Å². The topological polar surface area (TPSA) is 44.8 Å². The summed E-state index contributed by atoms with van der Waals surface area (Å²) in [6.07, 6.45) is 2.30. The second kappa shape index (κ2) is 5.70. The van der Waals surface area contributed by atoms with E-state index in [1.807, 2.05) is 0 Å². The Hall–Kier alpha value is -0.965. The van der Waals surface area contributed by atoms with Crippen molar-refractivity contribution in [1.29, 1.82) is 0 Å². The SMILES string of the molecule is [B]C1CCC(COC(=O)OCC=C)O1. The van der Waals surface area contributed by atoms with Crippen molar-refractivity contribution in [2.75, 3.05) is 13.2 Å². The Morgan fingerprint density at radius 2 is 2.36 bits per heavy atom. The minimum absolute atomic E-state index is 0.0960. The van der Waals surface area contributed by atoms with Gasteiger partial charge in [0.05, 0.1) is 6.10 Å². The minimum atomic E-state index is -0.700. The Morgan fingerprint density at radius 3 is 2.93 bits per heavy atom. The monoisotopic (exact) mass is 196 g/mol. The number of hydrogen-bond acceptors (Lipinski definition) is 4. The van der Waals surface area contributed by atoms with E-state index in [-0.39, 0.29) is 25.3 Å². The first-order valence-electron chi connectivity index (χ1n) is 4.54. The third-order valence-corrected chi connectivity index (χ3v) is 1.85. The van der Waals surface area contributed by atoms with Gasteiger partial charge in [-0.1, -0.05) is 12.7 Å². The molecule has 76 valence electrons. The smallest absolute Gasteiger partial charge is 0.432 e. The number of rotatable bonds is 4. The third-order valence-electron chi connectivity index (χ3n) is 1.85. The van der Waals surface area contributed by atoms with Gasteiger partial charge in [0.25, 0.3) is 0 Å². The van der Waals surface area contributed by atoms with Crippen molar-refractivity contribution >= 4 is 14.0 Å². The van der Waals surface area contributed by atoms with Crippen LogP contribution in [0.2, 0.25) is 0 Å². The molecule has 1 rings (SSSR count). The molecule has 0 aliphatic carbocycles. The standard InChI is InChI=1S/C9H13BO4/c1-2-5-12-9(11)13-6-7-3-4-8(10)14-7/h2,7-8H,1,3-6H2. The van der Waals surface area contributed by atoms with Crippen LogP contribution in [0.1, 0.15) is 12.8 Å². The molecule has 0 aromatic carbocycles. The van der Waals surface area contributed by atoms with Crippen LogP contribution in [0.15, 0.2) is 12.7 Å². The van der Waals surface area contributed by atoms with E-state index in [1.54, 1.807) is 0 Å². The van der Waals surface area contributed by atoms with Crippen LogP contribution >= 0.6 is 0 Å². The predicted molar refractivity (Wildman–Crippen MR) is 51.1 cm³/mol. The van der Waals surface area contributed by atoms with Crippen molar-refractivity contribution in [1.82, 2.24) is 0 Å². The van der Waals surface area contributed by atoms with E-state index in [2.05, 4.69) is 11.3 Å². The van der Waals surface area contributed by atoms with Crippen LogP contribution < -0.4 is 0 Å². The zero-order valence-corrected chi connectivity index (χ0v) is 7.98. The van der Waals surface area contributed by atoms with Gasteiger partial charge in [-0.05, 0) is 12.8 Å². The Bertz CT molecular complexity index is 207. The first kappa shape index (κ1) is 11.1. The fourth-order valence-electron chi connectivity index (χ4n) is 1.19. The molecule has 2 radical (unpaired) electrons. The van der Waals surface area contributed by atoms with Gasteiger partial charge in [-0.3, -0.25) is 0 Å². The van der Waals surface area contributed by atoms with Crippen LogP contribution in [-0.2, 0) is 14.2 Å². The van der Waals surface area contributed by atoms with Crippen LogP contribution in [0, 0.1) is 0 Å². The normalized spacial score (nSPS) is 25.7. The molecule has 1 aliphatic heterocycles. The van der Waals surface area contributed by atoms with Gasteiger partial charge in [0.15, 0.2) is 0 Å². The average Bonchev–Trinajstić information content (AvgIpc) is 2.58. The lowest BCUT2D eigenvalue weighted by Gasteiger charge is -2.11. The number of ether oxygens (including phenoxy) is 3. The molecule has 0 amide bonds. The molecule has 0 aromatic heterocycles. The molecule has 0 spiro atoms. The fourth-order valence-corrected chi connectivity index (χ4v) is 1.19. The van der Waals surface area contributed by atoms with Crippen molar-refractivity contribution in [2.24, 2.45) is 0 Å². The zero-order chi connectivity index (χ0) is 10.4. The van der Waals surface area contributed by atoms with Crippen LogP contribution in [0.25, 0.3) is 0 Å².